The average Bonchev–Trinajstić information content (AvgIpc) is 2.94. The summed E-state index contributed by atoms with van der Waals surface area (Å²) < 4.78 is 0. The topological polar surface area (TPSA) is 62.6 Å². The summed E-state index contributed by atoms with van der Waals surface area (Å²) in [6.07, 6.45) is 0. The van der Waals surface area contributed by atoms with E-state index in [1.165, 1.54) is 5.56 Å². The number of imide groups is 1. The fourth-order valence-corrected chi connectivity index (χ4v) is 3.03. The van der Waals surface area contributed by atoms with E-state index in [1.54, 1.807) is 11.3 Å². The Morgan fingerprint density at radius 1 is 1.22 bits per heavy atom. The number of carbonyl (C=O) groups is 2. The second-order valence-corrected chi connectivity index (χ2v) is 6.54. The van der Waals surface area contributed by atoms with Gasteiger partial charge in [-0.05, 0) is 42.3 Å². The third-order valence-corrected chi connectivity index (χ3v) is 4.16. The Morgan fingerprint density at radius 3 is 2.65 bits per heavy atom. The van der Waals surface area contributed by atoms with Gasteiger partial charge in [0, 0.05) is 11.3 Å². The average molecular weight is 332 g/mol. The molecule has 0 bridgehead atoms. The van der Waals surface area contributed by atoms with Gasteiger partial charge in [-0.1, -0.05) is 17.7 Å². The van der Waals surface area contributed by atoms with Crippen molar-refractivity contribution < 1.29 is 14.5 Å². The van der Waals surface area contributed by atoms with Crippen LogP contribution in [-0.2, 0) is 11.3 Å². The van der Waals surface area contributed by atoms with E-state index in [0.717, 1.165) is 22.6 Å². The number of likely N-dealkylation sites (N-methyl/N-ethyl adjacent to an activating group) is 1. The molecule has 3 amide bonds. The van der Waals surface area contributed by atoms with Crippen LogP contribution in [0, 0.1) is 13.8 Å². The van der Waals surface area contributed by atoms with Crippen LogP contribution in [0.25, 0.3) is 0 Å². The molecule has 0 radical (unpaired) electrons. The zero-order valence-electron chi connectivity index (χ0n) is 13.6. The number of anilines is 1. The van der Waals surface area contributed by atoms with Crippen molar-refractivity contribution in [2.24, 2.45) is 0 Å². The van der Waals surface area contributed by atoms with Crippen LogP contribution in [-0.4, -0.2) is 25.5 Å². The highest BCUT2D eigenvalue weighted by Crippen LogP contribution is 2.15. The molecule has 0 aliphatic rings. The van der Waals surface area contributed by atoms with Crippen LogP contribution in [0.3, 0.4) is 0 Å². The van der Waals surface area contributed by atoms with Crippen LogP contribution >= 0.6 is 11.3 Å². The van der Waals surface area contributed by atoms with E-state index >= 15 is 0 Å². The Hall–Kier alpha value is -2.18. The van der Waals surface area contributed by atoms with E-state index in [0.29, 0.717) is 5.69 Å². The van der Waals surface area contributed by atoms with Gasteiger partial charge in [-0.3, -0.25) is 10.1 Å². The lowest BCUT2D eigenvalue weighted by molar-refractivity contribution is -0.885. The smallest absolute Gasteiger partial charge is 0.326 e. The van der Waals surface area contributed by atoms with Gasteiger partial charge in [0.1, 0.15) is 6.54 Å². The summed E-state index contributed by atoms with van der Waals surface area (Å²) in [5, 5.41) is 9.16. The van der Waals surface area contributed by atoms with Gasteiger partial charge in [0.25, 0.3) is 5.91 Å². The Labute approximate surface area is 140 Å². The highest BCUT2D eigenvalue weighted by atomic mass is 32.1. The normalized spacial score (nSPS) is 11.8. The molecule has 5 nitrogen and oxygen atoms in total. The Bertz CT molecular complexity index is 683. The monoisotopic (exact) mass is 332 g/mol. The molecule has 122 valence electrons. The molecule has 0 spiro atoms. The van der Waals surface area contributed by atoms with Gasteiger partial charge >= 0.3 is 6.03 Å². The first-order valence-corrected chi connectivity index (χ1v) is 8.39. The minimum Gasteiger partial charge on any atom is -0.326 e. The van der Waals surface area contributed by atoms with Crippen molar-refractivity contribution in [3.05, 3.63) is 51.7 Å². The number of thiophene rings is 1. The SMILES string of the molecule is Cc1ccc(NC(=O)NC(=O)C[NH+](C)Cc2ccsc2)c(C)c1. The molecule has 1 aromatic carbocycles. The van der Waals surface area contributed by atoms with Crippen molar-refractivity contribution in [2.75, 3.05) is 18.9 Å². The predicted molar refractivity (Wildman–Crippen MR) is 92.9 cm³/mol. The van der Waals surface area contributed by atoms with Crippen LogP contribution in [0.2, 0.25) is 0 Å². The lowest BCUT2D eigenvalue weighted by atomic mass is 10.1. The molecular formula is C17H22N3O2S+. The molecule has 0 saturated carbocycles. The highest BCUT2D eigenvalue weighted by molar-refractivity contribution is 7.07. The van der Waals surface area contributed by atoms with Gasteiger partial charge in [-0.15, -0.1) is 0 Å². The molecule has 23 heavy (non-hydrogen) atoms. The first-order valence-electron chi connectivity index (χ1n) is 7.44. The Balaban J connectivity index is 1.81. The molecule has 2 aromatic rings. The van der Waals surface area contributed by atoms with E-state index in [-0.39, 0.29) is 12.5 Å². The Kier molecular flexibility index (Phi) is 5.90. The first kappa shape index (κ1) is 17.2. The van der Waals surface area contributed by atoms with Gasteiger partial charge in [-0.25, -0.2) is 4.79 Å². The molecule has 1 aromatic heterocycles. The molecule has 1 unspecified atom stereocenters. The molecule has 3 N–H and O–H groups in total. The number of carbonyl (C=O) groups excluding carboxylic acids is 2. The van der Waals surface area contributed by atoms with Crippen LogP contribution in [0.5, 0.6) is 0 Å². The van der Waals surface area contributed by atoms with Crippen LogP contribution in [0.15, 0.2) is 35.0 Å². The van der Waals surface area contributed by atoms with Gasteiger partial charge in [0.05, 0.1) is 7.05 Å². The number of nitrogens with one attached hydrogen (secondary N) is 3. The lowest BCUT2D eigenvalue weighted by Crippen LogP contribution is -3.08. The maximum atomic E-state index is 11.9. The molecule has 0 aliphatic carbocycles. The third-order valence-electron chi connectivity index (χ3n) is 3.43. The van der Waals surface area contributed by atoms with E-state index in [4.69, 9.17) is 0 Å². The second-order valence-electron chi connectivity index (χ2n) is 5.76. The summed E-state index contributed by atoms with van der Waals surface area (Å²) in [5.41, 5.74) is 4.00. The summed E-state index contributed by atoms with van der Waals surface area (Å²) >= 11 is 1.64. The second kappa shape index (κ2) is 7.89. The standard InChI is InChI=1S/C17H21N3O2S/c1-12-4-5-15(13(2)8-12)18-17(22)19-16(21)10-20(3)9-14-6-7-23-11-14/h4-8,11H,9-10H2,1-3H3,(H2,18,19,21,22)/p+1. The molecule has 0 saturated heterocycles. The number of aryl methyl sites for hydroxylation is 2. The fourth-order valence-electron chi connectivity index (χ4n) is 2.36. The minimum absolute atomic E-state index is 0.246. The summed E-state index contributed by atoms with van der Waals surface area (Å²) in [7, 11) is 1.93. The van der Waals surface area contributed by atoms with E-state index in [2.05, 4.69) is 16.0 Å². The molecular weight excluding hydrogens is 310 g/mol. The van der Waals surface area contributed by atoms with E-state index in [9.17, 15) is 9.59 Å². The van der Waals surface area contributed by atoms with Crippen molar-refractivity contribution in [2.45, 2.75) is 20.4 Å². The molecule has 0 fully saturated rings. The summed E-state index contributed by atoms with van der Waals surface area (Å²) in [6, 6.07) is 7.28. The van der Waals surface area contributed by atoms with E-state index < -0.39 is 6.03 Å². The van der Waals surface area contributed by atoms with Crippen molar-refractivity contribution in [1.29, 1.82) is 0 Å². The highest BCUT2D eigenvalue weighted by Gasteiger charge is 2.14. The van der Waals surface area contributed by atoms with Crippen LogP contribution in [0.4, 0.5) is 10.5 Å². The molecule has 6 heteroatoms. The summed E-state index contributed by atoms with van der Waals surface area (Å²) in [4.78, 5) is 24.9. The molecule has 2 rings (SSSR count). The maximum absolute atomic E-state index is 11.9. The van der Waals surface area contributed by atoms with Crippen LogP contribution < -0.4 is 15.5 Å². The summed E-state index contributed by atoms with van der Waals surface area (Å²) in [5.74, 6) is -0.292. The van der Waals surface area contributed by atoms with Crippen LogP contribution in [0.1, 0.15) is 16.7 Å². The van der Waals surface area contributed by atoms with Gasteiger partial charge < -0.3 is 10.2 Å². The zero-order chi connectivity index (χ0) is 16.8. The lowest BCUT2D eigenvalue weighted by Gasteiger charge is -2.13. The van der Waals surface area contributed by atoms with Crippen molar-refractivity contribution >= 4 is 29.0 Å². The van der Waals surface area contributed by atoms with Crippen molar-refractivity contribution in [3.63, 3.8) is 0 Å². The van der Waals surface area contributed by atoms with Gasteiger partial charge in [0.15, 0.2) is 6.54 Å². The Morgan fingerprint density at radius 2 is 2.00 bits per heavy atom. The molecule has 1 atom stereocenters. The van der Waals surface area contributed by atoms with E-state index in [1.807, 2.05) is 50.5 Å². The minimum atomic E-state index is -0.495. The predicted octanol–water partition coefficient (Wildman–Crippen LogP) is 1.73. The largest absolute Gasteiger partial charge is 0.326 e. The molecule has 1 heterocycles. The maximum Gasteiger partial charge on any atom is 0.326 e. The number of amides is 3. The molecule has 0 aliphatic heterocycles. The quantitative estimate of drug-likeness (QED) is 0.781. The zero-order valence-corrected chi connectivity index (χ0v) is 14.4. The fraction of sp³-hybridized carbons (Fsp3) is 0.294. The third kappa shape index (κ3) is 5.50. The number of benzene rings is 1. The first-order chi connectivity index (χ1) is 10.9. The van der Waals surface area contributed by atoms with Gasteiger partial charge in [0.2, 0.25) is 0 Å². The number of quaternary nitrogens is 1. The van der Waals surface area contributed by atoms with Crippen molar-refractivity contribution in [1.82, 2.24) is 5.32 Å². The number of rotatable bonds is 5. The van der Waals surface area contributed by atoms with Gasteiger partial charge in [-0.2, -0.15) is 11.3 Å². The summed E-state index contributed by atoms with van der Waals surface area (Å²) in [6.45, 7) is 4.92. The number of urea groups is 1. The number of hydrogen-bond donors (Lipinski definition) is 3. The number of hydrogen-bond acceptors (Lipinski definition) is 3. The van der Waals surface area contributed by atoms with Crippen molar-refractivity contribution in [3.8, 4) is 0 Å².